The van der Waals surface area contributed by atoms with E-state index in [1.165, 1.54) is 30.6 Å². The van der Waals surface area contributed by atoms with E-state index >= 15 is 0 Å². The molecular formula is C14H21NO2. The minimum atomic E-state index is 0.480. The third kappa shape index (κ3) is 2.26. The molecule has 0 aromatic carbocycles. The van der Waals surface area contributed by atoms with Crippen molar-refractivity contribution in [1.29, 1.82) is 0 Å². The van der Waals surface area contributed by atoms with Crippen LogP contribution in [-0.4, -0.2) is 19.3 Å². The summed E-state index contributed by atoms with van der Waals surface area (Å²) in [5, 5.41) is 3.76. The van der Waals surface area contributed by atoms with Crippen molar-refractivity contribution in [3.8, 4) is 0 Å². The Labute approximate surface area is 103 Å². The van der Waals surface area contributed by atoms with E-state index in [4.69, 9.17) is 9.15 Å². The molecule has 3 unspecified atom stereocenters. The summed E-state index contributed by atoms with van der Waals surface area (Å²) < 4.78 is 11.0. The highest BCUT2D eigenvalue weighted by atomic mass is 16.5. The molecule has 1 aliphatic carbocycles. The number of rotatable bonds is 3. The Morgan fingerprint density at radius 1 is 1.41 bits per heavy atom. The van der Waals surface area contributed by atoms with Crippen molar-refractivity contribution in [2.24, 2.45) is 5.92 Å². The molecule has 94 valence electrons. The minimum Gasteiger partial charge on any atom is -0.469 e. The fourth-order valence-corrected chi connectivity index (χ4v) is 3.06. The van der Waals surface area contributed by atoms with Crippen molar-refractivity contribution < 1.29 is 9.15 Å². The third-order valence-electron chi connectivity index (χ3n) is 4.19. The second-order valence-electron chi connectivity index (χ2n) is 5.32. The van der Waals surface area contributed by atoms with Crippen LogP contribution in [0.4, 0.5) is 0 Å². The number of aryl methyl sites for hydroxylation is 1. The van der Waals surface area contributed by atoms with E-state index in [2.05, 4.69) is 18.3 Å². The van der Waals surface area contributed by atoms with Crippen molar-refractivity contribution in [3.63, 3.8) is 0 Å². The zero-order valence-electron chi connectivity index (χ0n) is 10.4. The van der Waals surface area contributed by atoms with Gasteiger partial charge in [-0.05, 0) is 38.2 Å². The summed E-state index contributed by atoms with van der Waals surface area (Å²) >= 11 is 0. The second-order valence-corrected chi connectivity index (χ2v) is 5.32. The molecule has 1 aliphatic heterocycles. The molecule has 0 amide bonds. The summed E-state index contributed by atoms with van der Waals surface area (Å²) in [5.74, 6) is 1.86. The molecule has 1 saturated heterocycles. The maximum atomic E-state index is 5.53. The first-order valence-corrected chi connectivity index (χ1v) is 6.74. The SMILES string of the molecule is CC(NC1CCCc2occc21)C1CCOC1. The number of furan rings is 1. The maximum Gasteiger partial charge on any atom is 0.108 e. The topological polar surface area (TPSA) is 34.4 Å². The molecule has 2 aliphatic rings. The van der Waals surface area contributed by atoms with Crippen molar-refractivity contribution >= 4 is 0 Å². The zero-order chi connectivity index (χ0) is 11.7. The molecule has 17 heavy (non-hydrogen) atoms. The van der Waals surface area contributed by atoms with Gasteiger partial charge in [-0.25, -0.2) is 0 Å². The highest BCUT2D eigenvalue weighted by Gasteiger charge is 2.28. The molecule has 3 rings (SSSR count). The van der Waals surface area contributed by atoms with Crippen LogP contribution in [-0.2, 0) is 11.2 Å². The van der Waals surface area contributed by atoms with Gasteiger partial charge in [0.15, 0.2) is 0 Å². The summed E-state index contributed by atoms with van der Waals surface area (Å²) in [7, 11) is 0. The van der Waals surface area contributed by atoms with Crippen LogP contribution in [0.3, 0.4) is 0 Å². The van der Waals surface area contributed by atoms with Crippen LogP contribution in [0.1, 0.15) is 43.6 Å². The first kappa shape index (κ1) is 11.3. The highest BCUT2D eigenvalue weighted by Crippen LogP contribution is 2.31. The Kier molecular flexibility index (Phi) is 3.21. The summed E-state index contributed by atoms with van der Waals surface area (Å²) in [5.41, 5.74) is 1.38. The van der Waals surface area contributed by atoms with Gasteiger partial charge >= 0.3 is 0 Å². The predicted octanol–water partition coefficient (Wildman–Crippen LogP) is 2.67. The molecule has 1 aromatic heterocycles. The van der Waals surface area contributed by atoms with Crippen LogP contribution >= 0.6 is 0 Å². The molecule has 0 bridgehead atoms. The monoisotopic (exact) mass is 235 g/mol. The summed E-state index contributed by atoms with van der Waals surface area (Å²) in [6.45, 7) is 4.13. The third-order valence-corrected chi connectivity index (χ3v) is 4.19. The predicted molar refractivity (Wildman–Crippen MR) is 65.9 cm³/mol. The molecule has 0 saturated carbocycles. The number of hydrogen-bond acceptors (Lipinski definition) is 3. The van der Waals surface area contributed by atoms with Gasteiger partial charge in [-0.2, -0.15) is 0 Å². The first-order chi connectivity index (χ1) is 8.34. The standard InChI is InChI=1S/C14H21NO2/c1-10(11-5-7-16-9-11)15-13-3-2-4-14-12(13)6-8-17-14/h6,8,10-11,13,15H,2-5,7,9H2,1H3. The average molecular weight is 235 g/mol. The van der Waals surface area contributed by atoms with E-state index in [1.54, 1.807) is 0 Å². The average Bonchev–Trinajstić information content (AvgIpc) is 3.00. The number of ether oxygens (including phenoxy) is 1. The van der Waals surface area contributed by atoms with E-state index in [0.29, 0.717) is 18.0 Å². The lowest BCUT2D eigenvalue weighted by Gasteiger charge is -2.28. The molecule has 0 radical (unpaired) electrons. The normalized spacial score (nSPS) is 30.2. The Balaban J connectivity index is 1.66. The summed E-state index contributed by atoms with van der Waals surface area (Å²) in [6, 6.07) is 3.14. The number of hydrogen-bond donors (Lipinski definition) is 1. The lowest BCUT2D eigenvalue weighted by Crippen LogP contribution is -2.37. The molecule has 1 N–H and O–H groups in total. The van der Waals surface area contributed by atoms with Crippen LogP contribution < -0.4 is 5.32 Å². The fraction of sp³-hybridized carbons (Fsp3) is 0.714. The molecule has 2 heterocycles. The number of nitrogens with one attached hydrogen (secondary N) is 1. The Bertz CT molecular complexity index is 368. The van der Waals surface area contributed by atoms with Crippen LogP contribution in [0.2, 0.25) is 0 Å². The summed E-state index contributed by atoms with van der Waals surface area (Å²) in [4.78, 5) is 0. The molecule has 3 atom stereocenters. The Morgan fingerprint density at radius 2 is 2.35 bits per heavy atom. The molecule has 3 nitrogen and oxygen atoms in total. The molecule has 3 heteroatoms. The Hall–Kier alpha value is -0.800. The number of fused-ring (bicyclic) bond motifs is 1. The lowest BCUT2D eigenvalue weighted by molar-refractivity contribution is 0.175. The van der Waals surface area contributed by atoms with E-state index < -0.39 is 0 Å². The van der Waals surface area contributed by atoms with Crippen LogP contribution in [0.25, 0.3) is 0 Å². The van der Waals surface area contributed by atoms with Crippen LogP contribution in [0, 0.1) is 5.92 Å². The lowest BCUT2D eigenvalue weighted by atomic mass is 9.91. The van der Waals surface area contributed by atoms with Crippen molar-refractivity contribution in [2.45, 2.75) is 44.7 Å². The van der Waals surface area contributed by atoms with Gasteiger partial charge in [0.1, 0.15) is 5.76 Å². The first-order valence-electron chi connectivity index (χ1n) is 6.74. The van der Waals surface area contributed by atoms with Gasteiger partial charge in [0.25, 0.3) is 0 Å². The van der Waals surface area contributed by atoms with Crippen molar-refractivity contribution in [1.82, 2.24) is 5.32 Å². The van der Waals surface area contributed by atoms with Gasteiger partial charge in [-0.3, -0.25) is 0 Å². The summed E-state index contributed by atoms with van der Waals surface area (Å²) in [6.07, 6.45) is 6.57. The van der Waals surface area contributed by atoms with Gasteiger partial charge in [-0.15, -0.1) is 0 Å². The van der Waals surface area contributed by atoms with Gasteiger partial charge in [0.2, 0.25) is 0 Å². The van der Waals surface area contributed by atoms with E-state index in [9.17, 15) is 0 Å². The molecule has 1 aromatic rings. The largest absolute Gasteiger partial charge is 0.469 e. The quantitative estimate of drug-likeness (QED) is 0.874. The van der Waals surface area contributed by atoms with Gasteiger partial charge in [-0.1, -0.05) is 0 Å². The van der Waals surface area contributed by atoms with E-state index in [0.717, 1.165) is 19.6 Å². The van der Waals surface area contributed by atoms with Gasteiger partial charge in [0.05, 0.1) is 12.9 Å². The van der Waals surface area contributed by atoms with E-state index in [-0.39, 0.29) is 0 Å². The smallest absolute Gasteiger partial charge is 0.108 e. The highest BCUT2D eigenvalue weighted by molar-refractivity contribution is 5.24. The molecule has 1 fully saturated rings. The molecular weight excluding hydrogens is 214 g/mol. The van der Waals surface area contributed by atoms with Gasteiger partial charge < -0.3 is 14.5 Å². The second kappa shape index (κ2) is 4.83. The van der Waals surface area contributed by atoms with E-state index in [1.807, 2.05) is 6.26 Å². The maximum absolute atomic E-state index is 5.53. The van der Waals surface area contributed by atoms with Crippen molar-refractivity contribution in [2.75, 3.05) is 13.2 Å². The Morgan fingerprint density at radius 3 is 3.18 bits per heavy atom. The van der Waals surface area contributed by atoms with Crippen LogP contribution in [0.15, 0.2) is 16.7 Å². The van der Waals surface area contributed by atoms with Gasteiger partial charge in [0, 0.05) is 30.7 Å². The molecule has 0 spiro atoms. The minimum absolute atomic E-state index is 0.480. The van der Waals surface area contributed by atoms with Crippen LogP contribution in [0.5, 0.6) is 0 Å². The zero-order valence-corrected chi connectivity index (χ0v) is 10.4. The van der Waals surface area contributed by atoms with Crippen molar-refractivity contribution in [3.05, 3.63) is 23.7 Å². The fourth-order valence-electron chi connectivity index (χ4n) is 3.06.